The molecule has 22 heavy (non-hydrogen) atoms. The van der Waals surface area contributed by atoms with Crippen molar-refractivity contribution in [1.29, 1.82) is 0 Å². The SMILES string of the molecule is Cc1cn([C@@H]2O[C@H](CO)C[C@H]2NCCC(C)C)c(=O)[nH]c1=O. The Morgan fingerprint density at radius 1 is 1.50 bits per heavy atom. The van der Waals surface area contributed by atoms with Crippen molar-refractivity contribution >= 4 is 0 Å². The van der Waals surface area contributed by atoms with Gasteiger partial charge in [-0.05, 0) is 32.2 Å². The summed E-state index contributed by atoms with van der Waals surface area (Å²) in [6, 6.07) is -0.0705. The maximum Gasteiger partial charge on any atom is 0.330 e. The first-order valence-corrected chi connectivity index (χ1v) is 7.74. The van der Waals surface area contributed by atoms with Crippen LogP contribution in [0.1, 0.15) is 38.5 Å². The fraction of sp³-hybridized carbons (Fsp3) is 0.733. The van der Waals surface area contributed by atoms with Crippen LogP contribution in [-0.4, -0.2) is 40.0 Å². The number of aromatic nitrogens is 2. The highest BCUT2D eigenvalue weighted by Gasteiger charge is 2.36. The van der Waals surface area contributed by atoms with Gasteiger partial charge in [0.25, 0.3) is 5.56 Å². The Balaban J connectivity index is 2.20. The average molecular weight is 311 g/mol. The number of nitrogens with zero attached hydrogens (tertiary/aromatic N) is 1. The largest absolute Gasteiger partial charge is 0.394 e. The fourth-order valence-corrected chi connectivity index (χ4v) is 2.64. The van der Waals surface area contributed by atoms with Crippen LogP contribution >= 0.6 is 0 Å². The molecule has 0 spiro atoms. The van der Waals surface area contributed by atoms with E-state index in [9.17, 15) is 14.7 Å². The summed E-state index contributed by atoms with van der Waals surface area (Å²) in [5.74, 6) is 0.583. The Bertz CT molecular complexity index is 608. The lowest BCUT2D eigenvalue weighted by atomic mass is 10.1. The summed E-state index contributed by atoms with van der Waals surface area (Å²) in [5, 5.41) is 12.7. The van der Waals surface area contributed by atoms with E-state index in [2.05, 4.69) is 24.1 Å². The second kappa shape index (κ2) is 7.21. The quantitative estimate of drug-likeness (QED) is 0.694. The van der Waals surface area contributed by atoms with Crippen molar-refractivity contribution in [3.05, 3.63) is 32.6 Å². The van der Waals surface area contributed by atoms with E-state index in [0.717, 1.165) is 13.0 Å². The first kappa shape index (κ1) is 16.9. The molecule has 7 nitrogen and oxygen atoms in total. The van der Waals surface area contributed by atoms with Gasteiger partial charge in [0.1, 0.15) is 0 Å². The van der Waals surface area contributed by atoms with Crippen LogP contribution in [0, 0.1) is 12.8 Å². The van der Waals surface area contributed by atoms with E-state index in [-0.39, 0.29) is 24.3 Å². The van der Waals surface area contributed by atoms with Crippen LogP contribution in [0.2, 0.25) is 0 Å². The van der Waals surface area contributed by atoms with Gasteiger partial charge in [-0.15, -0.1) is 0 Å². The highest BCUT2D eigenvalue weighted by atomic mass is 16.5. The molecule has 3 atom stereocenters. The lowest BCUT2D eigenvalue weighted by Crippen LogP contribution is -2.41. The molecule has 0 radical (unpaired) electrons. The molecule has 7 heteroatoms. The lowest BCUT2D eigenvalue weighted by molar-refractivity contribution is -0.0306. The van der Waals surface area contributed by atoms with Crippen molar-refractivity contribution in [2.45, 2.75) is 52.0 Å². The van der Waals surface area contributed by atoms with Crippen molar-refractivity contribution in [2.24, 2.45) is 5.92 Å². The topological polar surface area (TPSA) is 96.3 Å². The van der Waals surface area contributed by atoms with Gasteiger partial charge in [-0.1, -0.05) is 13.8 Å². The minimum absolute atomic E-state index is 0.0705. The van der Waals surface area contributed by atoms with Crippen molar-refractivity contribution in [1.82, 2.24) is 14.9 Å². The van der Waals surface area contributed by atoms with Crippen molar-refractivity contribution < 1.29 is 9.84 Å². The monoisotopic (exact) mass is 311 g/mol. The number of nitrogens with one attached hydrogen (secondary N) is 2. The first-order valence-electron chi connectivity index (χ1n) is 7.74. The molecule has 0 saturated carbocycles. The number of aliphatic hydroxyl groups excluding tert-OH is 1. The third kappa shape index (κ3) is 3.85. The van der Waals surface area contributed by atoms with Crippen LogP contribution < -0.4 is 16.6 Å². The molecule has 1 aromatic rings. The predicted molar refractivity (Wildman–Crippen MR) is 82.9 cm³/mol. The second-order valence-electron chi connectivity index (χ2n) is 6.29. The predicted octanol–water partition coefficient (Wildman–Crippen LogP) is 0.129. The van der Waals surface area contributed by atoms with Crippen LogP contribution in [0.15, 0.2) is 15.8 Å². The summed E-state index contributed by atoms with van der Waals surface area (Å²) >= 11 is 0. The number of hydrogen-bond acceptors (Lipinski definition) is 5. The third-order valence-electron chi connectivity index (χ3n) is 3.94. The Morgan fingerprint density at radius 2 is 2.23 bits per heavy atom. The zero-order valence-electron chi connectivity index (χ0n) is 13.3. The van der Waals surface area contributed by atoms with Crippen LogP contribution in [0.4, 0.5) is 0 Å². The maximum atomic E-state index is 12.0. The van der Waals surface area contributed by atoms with Crippen molar-refractivity contribution in [2.75, 3.05) is 13.2 Å². The molecular weight excluding hydrogens is 286 g/mol. The normalized spacial score (nSPS) is 25.0. The molecule has 3 N–H and O–H groups in total. The molecule has 1 saturated heterocycles. The van der Waals surface area contributed by atoms with E-state index in [4.69, 9.17) is 4.74 Å². The smallest absolute Gasteiger partial charge is 0.330 e. The van der Waals surface area contributed by atoms with Crippen LogP contribution in [0.5, 0.6) is 0 Å². The van der Waals surface area contributed by atoms with E-state index < -0.39 is 11.9 Å². The average Bonchev–Trinajstić information content (AvgIpc) is 2.85. The molecule has 0 aliphatic carbocycles. The summed E-state index contributed by atoms with van der Waals surface area (Å²) in [7, 11) is 0. The summed E-state index contributed by atoms with van der Waals surface area (Å²) in [6.07, 6.45) is 2.34. The standard InChI is InChI=1S/C15H25N3O4/c1-9(2)4-5-16-12-6-11(8-19)22-14(12)18-7-10(3)13(20)17-15(18)21/h7,9,11-12,14,16,19H,4-6,8H2,1-3H3,(H,17,20,21)/t11-,12+,14+/m0/s1. The van der Waals surface area contributed by atoms with Crippen molar-refractivity contribution in [3.8, 4) is 0 Å². The first-order chi connectivity index (χ1) is 10.4. The zero-order chi connectivity index (χ0) is 16.3. The maximum absolute atomic E-state index is 12.0. The highest BCUT2D eigenvalue weighted by molar-refractivity contribution is 5.02. The Hall–Kier alpha value is -1.44. The lowest BCUT2D eigenvalue weighted by Gasteiger charge is -2.22. The van der Waals surface area contributed by atoms with Crippen molar-refractivity contribution in [3.63, 3.8) is 0 Å². The Kier molecular flexibility index (Phi) is 5.55. The number of aromatic amines is 1. The van der Waals surface area contributed by atoms with E-state index in [1.165, 1.54) is 10.8 Å². The molecule has 0 amide bonds. The summed E-state index contributed by atoms with van der Waals surface area (Å²) in [6.45, 7) is 6.68. The fourth-order valence-electron chi connectivity index (χ4n) is 2.64. The van der Waals surface area contributed by atoms with Crippen LogP contribution in [-0.2, 0) is 4.74 Å². The van der Waals surface area contributed by atoms with Gasteiger partial charge in [0.05, 0.1) is 18.8 Å². The van der Waals surface area contributed by atoms with Gasteiger partial charge >= 0.3 is 5.69 Å². The number of aryl methyl sites for hydroxylation is 1. The molecule has 124 valence electrons. The highest BCUT2D eigenvalue weighted by Crippen LogP contribution is 2.27. The van der Waals surface area contributed by atoms with Gasteiger partial charge < -0.3 is 15.2 Å². The van der Waals surface area contributed by atoms with Gasteiger partial charge in [0.15, 0.2) is 6.23 Å². The Morgan fingerprint density at radius 3 is 2.86 bits per heavy atom. The summed E-state index contributed by atoms with van der Waals surface area (Å²) < 4.78 is 7.17. The van der Waals surface area contributed by atoms with Gasteiger partial charge in [-0.3, -0.25) is 14.3 Å². The number of ether oxygens (including phenoxy) is 1. The molecule has 1 fully saturated rings. The molecule has 1 aliphatic heterocycles. The molecule has 1 aliphatic rings. The molecule has 2 rings (SSSR count). The van der Waals surface area contributed by atoms with Crippen LogP contribution in [0.25, 0.3) is 0 Å². The zero-order valence-corrected chi connectivity index (χ0v) is 13.3. The van der Waals surface area contributed by atoms with E-state index in [1.54, 1.807) is 6.92 Å². The van der Waals surface area contributed by atoms with E-state index in [1.807, 2.05) is 0 Å². The number of rotatable bonds is 6. The summed E-state index contributed by atoms with van der Waals surface area (Å²) in [4.78, 5) is 25.8. The minimum atomic E-state index is -0.521. The second-order valence-corrected chi connectivity index (χ2v) is 6.29. The van der Waals surface area contributed by atoms with E-state index in [0.29, 0.717) is 17.9 Å². The van der Waals surface area contributed by atoms with E-state index >= 15 is 0 Å². The number of aliphatic hydroxyl groups is 1. The van der Waals surface area contributed by atoms with Crippen LogP contribution in [0.3, 0.4) is 0 Å². The molecule has 2 heterocycles. The number of H-pyrrole nitrogens is 1. The van der Waals surface area contributed by atoms with Gasteiger partial charge in [0, 0.05) is 11.8 Å². The molecule has 0 bridgehead atoms. The summed E-state index contributed by atoms with van der Waals surface area (Å²) in [5.41, 5.74) is -0.422. The Labute approximate surface area is 129 Å². The molecule has 0 unspecified atom stereocenters. The molecule has 1 aromatic heterocycles. The number of hydrogen-bond donors (Lipinski definition) is 3. The van der Waals surface area contributed by atoms with Gasteiger partial charge in [-0.2, -0.15) is 0 Å². The minimum Gasteiger partial charge on any atom is -0.394 e. The molecule has 0 aromatic carbocycles. The van der Waals surface area contributed by atoms with Gasteiger partial charge in [-0.25, -0.2) is 4.79 Å². The third-order valence-corrected chi connectivity index (χ3v) is 3.94. The molecular formula is C15H25N3O4. The van der Waals surface area contributed by atoms with Gasteiger partial charge in [0.2, 0.25) is 0 Å².